The number of benzene rings is 2. The molecule has 0 aliphatic rings. The highest BCUT2D eigenvalue weighted by molar-refractivity contribution is 7.99. The molecule has 1 N–H and O–H groups in total. The lowest BCUT2D eigenvalue weighted by Gasteiger charge is -2.13. The summed E-state index contributed by atoms with van der Waals surface area (Å²) in [6.07, 6.45) is 0. The summed E-state index contributed by atoms with van der Waals surface area (Å²) in [5.74, 6) is 0.0837. The monoisotopic (exact) mass is 363 g/mol. The van der Waals surface area contributed by atoms with Crippen LogP contribution in [-0.2, 0) is 15.3 Å². The third-order valence-electron chi connectivity index (χ3n) is 3.35. The van der Waals surface area contributed by atoms with Gasteiger partial charge >= 0.3 is 5.97 Å². The fraction of sp³-hybridized carbons (Fsp3) is 0.222. The quantitative estimate of drug-likeness (QED) is 0.773. The zero-order chi connectivity index (χ0) is 17.5. The number of rotatable bonds is 6. The molecule has 0 saturated carbocycles. The normalized spacial score (nSPS) is 11.6. The molecule has 0 aromatic heterocycles. The van der Waals surface area contributed by atoms with E-state index in [0.717, 1.165) is 5.75 Å². The molecular formula is C18H18ClNO3S. The number of hydrogen-bond donors (Lipinski definition) is 1. The Morgan fingerprint density at radius 2 is 1.92 bits per heavy atom. The van der Waals surface area contributed by atoms with Crippen molar-refractivity contribution in [3.05, 3.63) is 64.7 Å². The highest BCUT2D eigenvalue weighted by Gasteiger charge is 2.16. The van der Waals surface area contributed by atoms with Crippen LogP contribution in [0.15, 0.2) is 48.5 Å². The second-order valence-electron chi connectivity index (χ2n) is 5.11. The van der Waals surface area contributed by atoms with Crippen LogP contribution in [-0.4, -0.2) is 24.2 Å². The van der Waals surface area contributed by atoms with E-state index in [9.17, 15) is 9.59 Å². The lowest BCUT2D eigenvalue weighted by Crippen LogP contribution is -2.22. The summed E-state index contributed by atoms with van der Waals surface area (Å²) in [7, 11) is 1.28. The first kappa shape index (κ1) is 18.4. The van der Waals surface area contributed by atoms with Crippen LogP contribution in [0.4, 0.5) is 5.69 Å². The molecule has 126 valence electrons. The summed E-state index contributed by atoms with van der Waals surface area (Å²) >= 11 is 7.51. The Kier molecular flexibility index (Phi) is 6.70. The maximum atomic E-state index is 12.3. The standard InChI is InChI=1S/C18H18ClNO3S/c1-12(24-11-13-6-4-3-5-7-13)17(21)20-14-8-9-16(19)15(10-14)18(22)23-2/h3-10,12H,11H2,1-2H3,(H,20,21)/t12-/m0/s1. The van der Waals surface area contributed by atoms with Crippen LogP contribution in [0.5, 0.6) is 0 Å². The average Bonchev–Trinajstić information content (AvgIpc) is 2.61. The van der Waals surface area contributed by atoms with Gasteiger partial charge < -0.3 is 10.1 Å². The van der Waals surface area contributed by atoms with Crippen LogP contribution < -0.4 is 5.32 Å². The zero-order valence-corrected chi connectivity index (χ0v) is 15.0. The van der Waals surface area contributed by atoms with Crippen LogP contribution in [0.25, 0.3) is 0 Å². The molecule has 6 heteroatoms. The van der Waals surface area contributed by atoms with Gasteiger partial charge in [-0.25, -0.2) is 4.79 Å². The maximum absolute atomic E-state index is 12.3. The number of halogens is 1. The molecule has 0 fully saturated rings. The van der Waals surface area contributed by atoms with E-state index in [1.54, 1.807) is 23.9 Å². The number of thioether (sulfide) groups is 1. The van der Waals surface area contributed by atoms with Crippen molar-refractivity contribution < 1.29 is 14.3 Å². The fourth-order valence-electron chi connectivity index (χ4n) is 1.98. The summed E-state index contributed by atoms with van der Waals surface area (Å²) in [5, 5.41) is 2.85. The van der Waals surface area contributed by atoms with Gasteiger partial charge in [0.1, 0.15) is 0 Å². The minimum Gasteiger partial charge on any atom is -0.465 e. The summed E-state index contributed by atoms with van der Waals surface area (Å²) in [6, 6.07) is 14.7. The SMILES string of the molecule is COC(=O)c1cc(NC(=O)[C@H](C)SCc2ccccc2)ccc1Cl. The lowest BCUT2D eigenvalue weighted by atomic mass is 10.2. The number of esters is 1. The molecule has 2 aromatic carbocycles. The Labute approximate surface area is 150 Å². The predicted octanol–water partition coefficient (Wildman–Crippen LogP) is 4.39. The molecule has 1 amide bonds. The largest absolute Gasteiger partial charge is 0.465 e. The minimum atomic E-state index is -0.539. The summed E-state index contributed by atoms with van der Waals surface area (Å²) in [5.41, 5.74) is 1.90. The van der Waals surface area contributed by atoms with Crippen LogP contribution in [0.1, 0.15) is 22.8 Å². The average molecular weight is 364 g/mol. The van der Waals surface area contributed by atoms with E-state index in [0.29, 0.717) is 5.69 Å². The van der Waals surface area contributed by atoms with Crippen molar-refractivity contribution >= 4 is 40.9 Å². The van der Waals surface area contributed by atoms with E-state index >= 15 is 0 Å². The Hall–Kier alpha value is -1.98. The summed E-state index contributed by atoms with van der Waals surface area (Å²) < 4.78 is 4.67. The molecule has 0 bridgehead atoms. The number of anilines is 1. The minimum absolute atomic E-state index is 0.130. The lowest BCUT2D eigenvalue weighted by molar-refractivity contribution is -0.115. The van der Waals surface area contributed by atoms with Gasteiger partial charge in [0.2, 0.25) is 5.91 Å². The van der Waals surface area contributed by atoms with E-state index < -0.39 is 5.97 Å². The number of nitrogens with one attached hydrogen (secondary N) is 1. The van der Waals surface area contributed by atoms with Crippen molar-refractivity contribution in [2.45, 2.75) is 17.9 Å². The Morgan fingerprint density at radius 1 is 1.21 bits per heavy atom. The van der Waals surface area contributed by atoms with Gasteiger partial charge in [-0.05, 0) is 30.7 Å². The molecular weight excluding hydrogens is 346 g/mol. The van der Waals surface area contributed by atoms with Crippen molar-refractivity contribution in [3.8, 4) is 0 Å². The van der Waals surface area contributed by atoms with Gasteiger partial charge in [0.25, 0.3) is 0 Å². The number of hydrogen-bond acceptors (Lipinski definition) is 4. The predicted molar refractivity (Wildman–Crippen MR) is 98.6 cm³/mol. The molecule has 0 heterocycles. The zero-order valence-electron chi connectivity index (χ0n) is 13.4. The van der Waals surface area contributed by atoms with E-state index in [4.69, 9.17) is 11.6 Å². The van der Waals surface area contributed by atoms with Gasteiger partial charge in [-0.2, -0.15) is 0 Å². The third kappa shape index (κ3) is 5.01. The van der Waals surface area contributed by atoms with Crippen LogP contribution in [0, 0.1) is 0 Å². The van der Waals surface area contributed by atoms with Crippen LogP contribution in [0.2, 0.25) is 5.02 Å². The Balaban J connectivity index is 1.97. The molecule has 0 unspecified atom stereocenters. The number of carbonyl (C=O) groups is 2. The molecule has 2 rings (SSSR count). The number of amides is 1. The summed E-state index contributed by atoms with van der Waals surface area (Å²) in [6.45, 7) is 1.85. The molecule has 0 aliphatic heterocycles. The van der Waals surface area contributed by atoms with Crippen molar-refractivity contribution in [2.24, 2.45) is 0 Å². The van der Waals surface area contributed by atoms with Crippen LogP contribution >= 0.6 is 23.4 Å². The molecule has 24 heavy (non-hydrogen) atoms. The first-order chi connectivity index (χ1) is 11.5. The molecule has 0 spiro atoms. The smallest absolute Gasteiger partial charge is 0.339 e. The highest BCUT2D eigenvalue weighted by Crippen LogP contribution is 2.23. The van der Waals surface area contributed by atoms with Crippen molar-refractivity contribution in [1.82, 2.24) is 0 Å². The van der Waals surface area contributed by atoms with Gasteiger partial charge in [-0.15, -0.1) is 11.8 Å². The molecule has 0 saturated heterocycles. The highest BCUT2D eigenvalue weighted by atomic mass is 35.5. The van der Waals surface area contributed by atoms with Gasteiger partial charge in [0.15, 0.2) is 0 Å². The van der Waals surface area contributed by atoms with E-state index in [2.05, 4.69) is 10.1 Å². The number of ether oxygens (including phenoxy) is 1. The first-order valence-corrected chi connectivity index (χ1v) is 8.78. The second-order valence-corrected chi connectivity index (χ2v) is 6.85. The topological polar surface area (TPSA) is 55.4 Å². The van der Waals surface area contributed by atoms with E-state index in [-0.39, 0.29) is 21.7 Å². The van der Waals surface area contributed by atoms with E-state index in [1.165, 1.54) is 18.7 Å². The maximum Gasteiger partial charge on any atom is 0.339 e. The van der Waals surface area contributed by atoms with Gasteiger partial charge in [-0.3, -0.25) is 4.79 Å². The second kappa shape index (κ2) is 8.76. The molecule has 0 aliphatic carbocycles. The first-order valence-electron chi connectivity index (χ1n) is 7.35. The number of carbonyl (C=O) groups excluding carboxylic acids is 2. The van der Waals surface area contributed by atoms with Crippen molar-refractivity contribution in [3.63, 3.8) is 0 Å². The fourth-order valence-corrected chi connectivity index (χ4v) is 3.02. The Bertz CT molecular complexity index is 721. The van der Waals surface area contributed by atoms with Gasteiger partial charge in [-0.1, -0.05) is 41.9 Å². The summed E-state index contributed by atoms with van der Waals surface area (Å²) in [4.78, 5) is 23.9. The van der Waals surface area contributed by atoms with Gasteiger partial charge in [0.05, 0.1) is 22.9 Å². The molecule has 2 aromatic rings. The van der Waals surface area contributed by atoms with Crippen molar-refractivity contribution in [1.29, 1.82) is 0 Å². The van der Waals surface area contributed by atoms with Crippen LogP contribution in [0.3, 0.4) is 0 Å². The molecule has 1 atom stereocenters. The third-order valence-corrected chi connectivity index (χ3v) is 4.89. The van der Waals surface area contributed by atoms with Crippen molar-refractivity contribution in [2.75, 3.05) is 12.4 Å². The van der Waals surface area contributed by atoms with Gasteiger partial charge in [0, 0.05) is 11.4 Å². The number of methoxy groups -OCH3 is 1. The molecule has 0 radical (unpaired) electrons. The van der Waals surface area contributed by atoms with E-state index in [1.807, 2.05) is 37.3 Å². The Morgan fingerprint density at radius 3 is 2.58 bits per heavy atom. The molecule has 4 nitrogen and oxygen atoms in total.